The van der Waals surface area contributed by atoms with E-state index in [1.165, 1.54) is 12.3 Å². The van der Waals surface area contributed by atoms with E-state index in [4.69, 9.17) is 0 Å². The molecule has 0 nitrogen and oxygen atoms in total. The third kappa shape index (κ3) is 27.5. The summed E-state index contributed by atoms with van der Waals surface area (Å²) in [6.07, 6.45) is 1.22. The van der Waals surface area contributed by atoms with Crippen LogP contribution in [0.3, 0.4) is 0 Å². The van der Waals surface area contributed by atoms with Gasteiger partial charge in [0.05, 0.1) is 0 Å². The van der Waals surface area contributed by atoms with Gasteiger partial charge in [-0.05, 0) is 0 Å². The van der Waals surface area contributed by atoms with Crippen molar-refractivity contribution < 1.29 is 32.7 Å². The molecular weight excluding hydrogens is 173 g/mol. The molecular formula is C7H19Y-. The van der Waals surface area contributed by atoms with Crippen molar-refractivity contribution in [2.75, 3.05) is 0 Å². The second kappa shape index (κ2) is 15.7. The van der Waals surface area contributed by atoms with Gasteiger partial charge in [0.15, 0.2) is 0 Å². The van der Waals surface area contributed by atoms with E-state index in [1.807, 2.05) is 0 Å². The van der Waals surface area contributed by atoms with Crippen LogP contribution in [0.25, 0.3) is 0 Å². The molecule has 0 heterocycles. The fraction of sp³-hybridized carbons (Fsp3) is 0.857. The van der Waals surface area contributed by atoms with Gasteiger partial charge in [-0.25, -0.2) is 0 Å². The van der Waals surface area contributed by atoms with E-state index in [1.54, 1.807) is 0 Å². The molecule has 0 saturated heterocycles. The van der Waals surface area contributed by atoms with Gasteiger partial charge in [0.1, 0.15) is 0 Å². The van der Waals surface area contributed by atoms with Gasteiger partial charge >= 0.3 is 0 Å². The van der Waals surface area contributed by atoms with E-state index < -0.39 is 0 Å². The molecule has 0 aliphatic carbocycles. The molecule has 0 aromatic rings. The molecule has 0 aliphatic rings. The molecule has 8 heavy (non-hydrogen) atoms. The predicted octanol–water partition coefficient (Wildman–Crippen LogP) is 3.28. The molecule has 0 aromatic carbocycles. The smallest absolute Gasteiger partial charge is 0 e. The zero-order chi connectivity index (χ0) is 4.28. The van der Waals surface area contributed by atoms with Gasteiger partial charge in [-0.3, -0.25) is 0 Å². The van der Waals surface area contributed by atoms with E-state index in [0.29, 0.717) is 0 Å². The average Bonchev–Trinajstić information content (AvgIpc) is 1.38. The first kappa shape index (κ1) is 23.0. The van der Waals surface area contributed by atoms with Crippen LogP contribution >= 0.6 is 0 Å². The molecule has 0 saturated carbocycles. The minimum absolute atomic E-state index is 0. The van der Waals surface area contributed by atoms with Gasteiger partial charge < -0.3 is 5.92 Å². The van der Waals surface area contributed by atoms with E-state index in [9.17, 15) is 0 Å². The van der Waals surface area contributed by atoms with Gasteiger partial charge in [0, 0.05) is 32.7 Å². The van der Waals surface area contributed by atoms with Crippen LogP contribution in [0.2, 0.25) is 0 Å². The fourth-order valence-corrected chi connectivity index (χ4v) is 0. The average molecular weight is 192 g/mol. The Kier molecular flexibility index (Phi) is 45.0. The summed E-state index contributed by atoms with van der Waals surface area (Å²) < 4.78 is 0. The SMILES string of the molecule is C.C.CC[C-](C)C.[Y]. The molecule has 0 atom stereocenters. The maximum atomic E-state index is 2.16. The van der Waals surface area contributed by atoms with Crippen molar-refractivity contribution in [2.24, 2.45) is 0 Å². The second-order valence-corrected chi connectivity index (χ2v) is 1.56. The molecule has 0 aliphatic heterocycles. The Morgan fingerprint density at radius 3 is 1.25 bits per heavy atom. The summed E-state index contributed by atoms with van der Waals surface area (Å²) in [5.74, 6) is 1.50. The molecule has 0 rings (SSSR count). The first-order valence-corrected chi connectivity index (χ1v) is 2.06. The van der Waals surface area contributed by atoms with Crippen LogP contribution in [0.15, 0.2) is 0 Å². The topological polar surface area (TPSA) is 0 Å². The largest absolute Gasteiger partial charge is 0.320 e. The van der Waals surface area contributed by atoms with Crippen molar-refractivity contribution >= 4 is 0 Å². The van der Waals surface area contributed by atoms with Crippen LogP contribution in [-0.2, 0) is 32.7 Å². The van der Waals surface area contributed by atoms with E-state index >= 15 is 0 Å². The standard InChI is InChI=1S/C5H11.2CH4.Y/c1-4-5(2)3;;;/h4H2,1-3H3;2*1H4;/q-1;;;. The third-order valence-corrected chi connectivity index (χ3v) is 0.707. The van der Waals surface area contributed by atoms with Crippen LogP contribution in [0.1, 0.15) is 42.0 Å². The molecule has 0 aromatic heterocycles. The zero-order valence-electron chi connectivity index (χ0n) is 4.78. The van der Waals surface area contributed by atoms with E-state index in [0.717, 1.165) is 0 Å². The van der Waals surface area contributed by atoms with Crippen molar-refractivity contribution in [3.8, 4) is 0 Å². The molecule has 1 radical (unpaired) electrons. The number of hydrogen-bond acceptors (Lipinski definition) is 0. The summed E-state index contributed by atoms with van der Waals surface area (Å²) in [6.45, 7) is 6.44. The first-order chi connectivity index (χ1) is 2.27. The zero-order valence-corrected chi connectivity index (χ0v) is 7.62. The van der Waals surface area contributed by atoms with Crippen LogP contribution < -0.4 is 0 Å². The van der Waals surface area contributed by atoms with Gasteiger partial charge in [-0.2, -0.15) is 20.3 Å². The molecule has 0 fully saturated rings. The first-order valence-electron chi connectivity index (χ1n) is 2.06. The fourth-order valence-electron chi connectivity index (χ4n) is 0. The number of hydrogen-bond donors (Lipinski definition) is 0. The van der Waals surface area contributed by atoms with Gasteiger partial charge in [-0.15, -0.1) is 0 Å². The van der Waals surface area contributed by atoms with E-state index in [2.05, 4.69) is 20.8 Å². The molecule has 0 unspecified atom stereocenters. The number of rotatable bonds is 1. The Morgan fingerprint density at radius 2 is 1.25 bits per heavy atom. The quantitative estimate of drug-likeness (QED) is 0.559. The maximum Gasteiger partial charge on any atom is 0 e. The summed E-state index contributed by atoms with van der Waals surface area (Å²) in [5, 5.41) is 0. The van der Waals surface area contributed by atoms with Crippen LogP contribution in [-0.4, -0.2) is 0 Å². The predicted molar refractivity (Wildman–Crippen MR) is 38.3 cm³/mol. The maximum absolute atomic E-state index is 2.16. The Hall–Kier alpha value is 1.10. The van der Waals surface area contributed by atoms with Crippen molar-refractivity contribution in [1.82, 2.24) is 0 Å². The summed E-state index contributed by atoms with van der Waals surface area (Å²) in [7, 11) is 0. The second-order valence-electron chi connectivity index (χ2n) is 1.56. The Labute approximate surface area is 80.3 Å². The van der Waals surface area contributed by atoms with Crippen LogP contribution in [0.4, 0.5) is 0 Å². The normalized spacial score (nSPS) is 6.00. The van der Waals surface area contributed by atoms with Gasteiger partial charge in [-0.1, -0.05) is 21.8 Å². The van der Waals surface area contributed by atoms with Crippen molar-refractivity contribution in [2.45, 2.75) is 42.0 Å². The summed E-state index contributed by atoms with van der Waals surface area (Å²) in [4.78, 5) is 0. The summed E-state index contributed by atoms with van der Waals surface area (Å²) in [5.41, 5.74) is 0. The molecule has 0 bridgehead atoms. The minimum atomic E-state index is 0. The minimum Gasteiger partial charge on any atom is -0.320 e. The van der Waals surface area contributed by atoms with Crippen molar-refractivity contribution in [1.29, 1.82) is 0 Å². The summed E-state index contributed by atoms with van der Waals surface area (Å²) >= 11 is 0. The van der Waals surface area contributed by atoms with Gasteiger partial charge in [0.25, 0.3) is 0 Å². The molecule has 0 amide bonds. The van der Waals surface area contributed by atoms with Crippen LogP contribution in [0.5, 0.6) is 0 Å². The van der Waals surface area contributed by atoms with Crippen molar-refractivity contribution in [3.05, 3.63) is 5.92 Å². The monoisotopic (exact) mass is 192 g/mol. The Balaban J connectivity index is -0.0000000267. The molecule has 0 N–H and O–H groups in total. The van der Waals surface area contributed by atoms with Crippen molar-refractivity contribution in [3.63, 3.8) is 0 Å². The third-order valence-electron chi connectivity index (χ3n) is 0.707. The van der Waals surface area contributed by atoms with Gasteiger partial charge in [0.2, 0.25) is 0 Å². The molecule has 51 valence electrons. The Morgan fingerprint density at radius 1 is 1.12 bits per heavy atom. The summed E-state index contributed by atoms with van der Waals surface area (Å²) in [6, 6.07) is 0. The Bertz CT molecular complexity index is 18.3. The molecule has 1 heteroatoms. The molecule has 0 spiro atoms. The van der Waals surface area contributed by atoms with Crippen LogP contribution in [0, 0.1) is 5.92 Å². The van der Waals surface area contributed by atoms with E-state index in [-0.39, 0.29) is 47.6 Å².